The second-order valence-corrected chi connectivity index (χ2v) is 8.64. The summed E-state index contributed by atoms with van der Waals surface area (Å²) in [6.07, 6.45) is 2.51. The number of anilines is 1. The first kappa shape index (κ1) is 25.2. The highest BCUT2D eigenvalue weighted by atomic mass is 127. The number of aryl methyl sites for hydroxylation is 1. The molecule has 0 aliphatic carbocycles. The molecule has 3 rings (SSSR count). The lowest BCUT2D eigenvalue weighted by Crippen LogP contribution is -2.44. The van der Waals surface area contributed by atoms with E-state index in [0.717, 1.165) is 29.8 Å². The molecule has 8 heteroatoms. The van der Waals surface area contributed by atoms with Gasteiger partial charge in [0.1, 0.15) is 11.4 Å². The molecule has 1 aromatic carbocycles. The SMILES string of the molecule is CN=C(NCc1ccc(C)cc1OC(C)(C)C)NC1CCN(c2ncccc2F)C1.I. The maximum absolute atomic E-state index is 14.0. The Bertz CT molecular complexity index is 900. The van der Waals surface area contributed by atoms with Crippen LogP contribution in [0.2, 0.25) is 0 Å². The fourth-order valence-corrected chi connectivity index (χ4v) is 3.48. The topological polar surface area (TPSA) is 61.8 Å². The second kappa shape index (κ2) is 11.0. The fourth-order valence-electron chi connectivity index (χ4n) is 3.48. The largest absolute Gasteiger partial charge is 0.488 e. The summed E-state index contributed by atoms with van der Waals surface area (Å²) in [5.41, 5.74) is 1.96. The molecule has 6 nitrogen and oxygen atoms in total. The average Bonchev–Trinajstić information content (AvgIpc) is 3.13. The maximum atomic E-state index is 14.0. The first-order chi connectivity index (χ1) is 14.2. The van der Waals surface area contributed by atoms with E-state index in [9.17, 15) is 4.39 Å². The van der Waals surface area contributed by atoms with Crippen molar-refractivity contribution in [2.45, 2.75) is 52.3 Å². The lowest BCUT2D eigenvalue weighted by molar-refractivity contribution is 0.129. The van der Waals surface area contributed by atoms with Gasteiger partial charge in [0.2, 0.25) is 0 Å². The van der Waals surface area contributed by atoms with Gasteiger partial charge < -0.3 is 20.3 Å². The van der Waals surface area contributed by atoms with Crippen molar-refractivity contribution < 1.29 is 9.13 Å². The van der Waals surface area contributed by atoms with Crippen LogP contribution in [0.3, 0.4) is 0 Å². The van der Waals surface area contributed by atoms with Crippen LogP contribution >= 0.6 is 24.0 Å². The minimum atomic E-state index is -0.286. The molecule has 1 aromatic heterocycles. The number of benzene rings is 1. The molecule has 1 atom stereocenters. The molecule has 1 aliphatic rings. The molecule has 0 bridgehead atoms. The molecule has 1 fully saturated rings. The van der Waals surface area contributed by atoms with Crippen LogP contribution in [0, 0.1) is 12.7 Å². The Labute approximate surface area is 201 Å². The summed E-state index contributed by atoms with van der Waals surface area (Å²) in [6.45, 7) is 10.2. The molecule has 2 aromatic rings. The Morgan fingerprint density at radius 2 is 2.10 bits per heavy atom. The molecular formula is C23H33FIN5O. The average molecular weight is 541 g/mol. The number of rotatable bonds is 5. The van der Waals surface area contributed by atoms with Crippen molar-refractivity contribution in [2.75, 3.05) is 25.0 Å². The lowest BCUT2D eigenvalue weighted by atomic mass is 10.1. The van der Waals surface area contributed by atoms with Crippen molar-refractivity contribution >= 4 is 35.8 Å². The first-order valence-electron chi connectivity index (χ1n) is 10.4. The highest BCUT2D eigenvalue weighted by molar-refractivity contribution is 14.0. The predicted octanol–water partition coefficient (Wildman–Crippen LogP) is 4.27. The van der Waals surface area contributed by atoms with E-state index in [0.29, 0.717) is 24.9 Å². The van der Waals surface area contributed by atoms with Crippen molar-refractivity contribution in [3.63, 3.8) is 0 Å². The van der Waals surface area contributed by atoms with Crippen LogP contribution in [0.5, 0.6) is 5.75 Å². The highest BCUT2D eigenvalue weighted by Crippen LogP contribution is 2.25. The number of nitrogens with zero attached hydrogens (tertiary/aromatic N) is 3. The summed E-state index contributed by atoms with van der Waals surface area (Å²) in [7, 11) is 1.75. The summed E-state index contributed by atoms with van der Waals surface area (Å²) >= 11 is 0. The van der Waals surface area contributed by atoms with Crippen LogP contribution in [-0.2, 0) is 6.54 Å². The number of aliphatic imine (C=N–C) groups is 1. The molecule has 0 amide bonds. The Morgan fingerprint density at radius 3 is 2.77 bits per heavy atom. The van der Waals surface area contributed by atoms with Crippen molar-refractivity contribution in [1.29, 1.82) is 0 Å². The molecule has 2 N–H and O–H groups in total. The number of halogens is 2. The van der Waals surface area contributed by atoms with E-state index >= 15 is 0 Å². The highest BCUT2D eigenvalue weighted by Gasteiger charge is 2.26. The van der Waals surface area contributed by atoms with Gasteiger partial charge in [-0.1, -0.05) is 12.1 Å². The number of aromatic nitrogens is 1. The zero-order valence-corrected chi connectivity index (χ0v) is 21.2. The summed E-state index contributed by atoms with van der Waals surface area (Å²) in [5.74, 6) is 1.72. The first-order valence-corrected chi connectivity index (χ1v) is 10.4. The van der Waals surface area contributed by atoms with Gasteiger partial charge in [0, 0.05) is 44.5 Å². The molecule has 1 saturated heterocycles. The van der Waals surface area contributed by atoms with Crippen LogP contribution in [0.25, 0.3) is 0 Å². The van der Waals surface area contributed by atoms with Crippen molar-refractivity contribution in [3.8, 4) is 5.75 Å². The standard InChI is InChI=1S/C23H32FN5O.HI/c1-16-8-9-17(20(13-16)30-23(2,3)4)14-27-22(25-5)28-18-10-12-29(15-18)21-19(24)7-6-11-26-21;/h6-9,11,13,18H,10,12,14-15H2,1-5H3,(H2,25,27,28);1H. The van der Waals surface area contributed by atoms with Gasteiger partial charge in [0.05, 0.1) is 0 Å². The molecule has 2 heterocycles. The molecule has 1 unspecified atom stereocenters. The molecule has 170 valence electrons. The molecular weight excluding hydrogens is 508 g/mol. The third kappa shape index (κ3) is 7.22. The van der Waals surface area contributed by atoms with Crippen LogP contribution in [0.15, 0.2) is 41.5 Å². The quantitative estimate of drug-likeness (QED) is 0.337. The zero-order chi connectivity index (χ0) is 21.7. The lowest BCUT2D eigenvalue weighted by Gasteiger charge is -2.24. The minimum Gasteiger partial charge on any atom is -0.488 e. The van der Waals surface area contributed by atoms with Gasteiger partial charge in [-0.15, -0.1) is 24.0 Å². The van der Waals surface area contributed by atoms with Gasteiger partial charge in [-0.05, 0) is 57.9 Å². The molecule has 1 aliphatic heterocycles. The van der Waals surface area contributed by atoms with Crippen LogP contribution in [-0.4, -0.2) is 42.7 Å². The number of ether oxygens (including phenoxy) is 1. The molecule has 0 saturated carbocycles. The minimum absolute atomic E-state index is 0. The van der Waals surface area contributed by atoms with E-state index in [1.165, 1.54) is 6.07 Å². The number of hydrogen-bond donors (Lipinski definition) is 2. The van der Waals surface area contributed by atoms with Crippen molar-refractivity contribution in [3.05, 3.63) is 53.5 Å². The number of guanidine groups is 1. The monoisotopic (exact) mass is 541 g/mol. The maximum Gasteiger partial charge on any atom is 0.191 e. The van der Waals surface area contributed by atoms with E-state index in [4.69, 9.17) is 4.74 Å². The van der Waals surface area contributed by atoms with E-state index in [1.54, 1.807) is 19.3 Å². The van der Waals surface area contributed by atoms with E-state index in [1.807, 2.05) is 25.7 Å². The van der Waals surface area contributed by atoms with Crippen LogP contribution < -0.4 is 20.3 Å². The van der Waals surface area contributed by atoms with Crippen LogP contribution in [0.1, 0.15) is 38.3 Å². The van der Waals surface area contributed by atoms with Gasteiger partial charge in [-0.25, -0.2) is 9.37 Å². The Hall–Kier alpha value is -2.10. The number of nitrogens with one attached hydrogen (secondary N) is 2. The normalized spacial score (nSPS) is 16.6. The van der Waals surface area contributed by atoms with Gasteiger partial charge in [-0.3, -0.25) is 4.99 Å². The third-order valence-electron chi connectivity index (χ3n) is 4.88. The number of hydrogen-bond acceptors (Lipinski definition) is 4. The fraction of sp³-hybridized carbons (Fsp3) is 0.478. The van der Waals surface area contributed by atoms with E-state index in [-0.39, 0.29) is 41.4 Å². The van der Waals surface area contributed by atoms with Gasteiger partial charge in [0.25, 0.3) is 0 Å². The van der Waals surface area contributed by atoms with Gasteiger partial charge in [-0.2, -0.15) is 0 Å². The molecule has 0 spiro atoms. The van der Waals surface area contributed by atoms with Gasteiger partial charge >= 0.3 is 0 Å². The summed E-state index contributed by atoms with van der Waals surface area (Å²) in [5, 5.41) is 6.82. The Morgan fingerprint density at radius 1 is 1.32 bits per heavy atom. The zero-order valence-electron chi connectivity index (χ0n) is 18.9. The van der Waals surface area contributed by atoms with E-state index in [2.05, 4.69) is 45.7 Å². The number of pyridine rings is 1. The van der Waals surface area contributed by atoms with Crippen LogP contribution in [0.4, 0.5) is 10.2 Å². The molecule has 0 radical (unpaired) electrons. The van der Waals surface area contributed by atoms with Gasteiger partial charge in [0.15, 0.2) is 17.6 Å². The summed E-state index contributed by atoms with van der Waals surface area (Å²) in [4.78, 5) is 10.5. The summed E-state index contributed by atoms with van der Waals surface area (Å²) < 4.78 is 20.2. The van der Waals surface area contributed by atoms with Crippen molar-refractivity contribution in [1.82, 2.24) is 15.6 Å². The van der Waals surface area contributed by atoms with Crippen molar-refractivity contribution in [2.24, 2.45) is 4.99 Å². The third-order valence-corrected chi connectivity index (χ3v) is 4.88. The van der Waals surface area contributed by atoms with E-state index < -0.39 is 0 Å². The predicted molar refractivity (Wildman–Crippen MR) is 135 cm³/mol. The molecule has 31 heavy (non-hydrogen) atoms. The smallest absolute Gasteiger partial charge is 0.191 e. The second-order valence-electron chi connectivity index (χ2n) is 8.64. The Balaban J connectivity index is 0.00000341. The summed E-state index contributed by atoms with van der Waals surface area (Å²) in [6, 6.07) is 9.45. The Kier molecular flexibility index (Phi) is 8.90.